The number of halogens is 1. The lowest BCUT2D eigenvalue weighted by atomic mass is 10.2. The van der Waals surface area contributed by atoms with Crippen LogP contribution in [0.3, 0.4) is 0 Å². The number of benzene rings is 2. The summed E-state index contributed by atoms with van der Waals surface area (Å²) in [6, 6.07) is 14.8. The first kappa shape index (κ1) is 17.9. The standard InChI is InChI=1S/C19H19ClN4O2/c1-3-26-17-6-4-5-14(11-17)12-21-19(25)18-13(2)24(23-22-18)16-9-7-15(20)8-10-16/h4-11H,3,12H2,1-2H3,(H,21,25). The van der Waals surface area contributed by atoms with E-state index in [0.29, 0.717) is 29.6 Å². The molecule has 3 aromatic rings. The molecule has 6 nitrogen and oxygen atoms in total. The fourth-order valence-electron chi connectivity index (χ4n) is 2.54. The van der Waals surface area contributed by atoms with Gasteiger partial charge in [-0.25, -0.2) is 4.68 Å². The maximum atomic E-state index is 12.5. The minimum absolute atomic E-state index is 0.274. The summed E-state index contributed by atoms with van der Waals surface area (Å²) < 4.78 is 7.08. The smallest absolute Gasteiger partial charge is 0.274 e. The Hall–Kier alpha value is -2.86. The third-order valence-electron chi connectivity index (χ3n) is 3.84. The van der Waals surface area contributed by atoms with Gasteiger partial charge in [0.15, 0.2) is 5.69 Å². The quantitative estimate of drug-likeness (QED) is 0.720. The monoisotopic (exact) mass is 370 g/mol. The Morgan fingerprint density at radius 2 is 2.00 bits per heavy atom. The van der Waals surface area contributed by atoms with Gasteiger partial charge in [0.05, 0.1) is 18.0 Å². The molecule has 2 aromatic carbocycles. The van der Waals surface area contributed by atoms with Gasteiger partial charge in [0.2, 0.25) is 0 Å². The van der Waals surface area contributed by atoms with Crippen molar-refractivity contribution in [1.29, 1.82) is 0 Å². The van der Waals surface area contributed by atoms with Gasteiger partial charge in [-0.1, -0.05) is 28.9 Å². The minimum atomic E-state index is -0.274. The van der Waals surface area contributed by atoms with Gasteiger partial charge >= 0.3 is 0 Å². The molecule has 0 radical (unpaired) electrons. The zero-order valence-electron chi connectivity index (χ0n) is 14.6. The van der Waals surface area contributed by atoms with E-state index in [9.17, 15) is 4.79 Å². The molecule has 134 valence electrons. The van der Waals surface area contributed by atoms with Crippen molar-refractivity contribution in [2.24, 2.45) is 0 Å². The molecule has 0 aliphatic rings. The molecule has 0 aliphatic carbocycles. The van der Waals surface area contributed by atoms with Gasteiger partial charge in [-0.05, 0) is 55.8 Å². The van der Waals surface area contributed by atoms with Crippen LogP contribution < -0.4 is 10.1 Å². The molecule has 1 aromatic heterocycles. The number of carbonyl (C=O) groups is 1. The van der Waals surface area contributed by atoms with Gasteiger partial charge in [0, 0.05) is 11.6 Å². The van der Waals surface area contributed by atoms with E-state index in [0.717, 1.165) is 17.0 Å². The summed E-state index contributed by atoms with van der Waals surface area (Å²) in [5.41, 5.74) is 2.70. The maximum Gasteiger partial charge on any atom is 0.274 e. The Balaban J connectivity index is 1.71. The molecule has 0 atom stereocenters. The third kappa shape index (κ3) is 4.03. The molecule has 26 heavy (non-hydrogen) atoms. The molecule has 0 aliphatic heterocycles. The van der Waals surface area contributed by atoms with Crippen molar-refractivity contribution < 1.29 is 9.53 Å². The molecule has 0 saturated heterocycles. The molecule has 1 heterocycles. The second-order valence-corrected chi connectivity index (χ2v) is 6.11. The fraction of sp³-hybridized carbons (Fsp3) is 0.211. The summed E-state index contributed by atoms with van der Waals surface area (Å²) in [5, 5.41) is 11.6. The van der Waals surface area contributed by atoms with Gasteiger partial charge in [-0.15, -0.1) is 5.10 Å². The van der Waals surface area contributed by atoms with Crippen molar-refractivity contribution in [3.63, 3.8) is 0 Å². The van der Waals surface area contributed by atoms with Crippen LogP contribution >= 0.6 is 11.6 Å². The number of amides is 1. The van der Waals surface area contributed by atoms with Crippen molar-refractivity contribution in [2.45, 2.75) is 20.4 Å². The number of hydrogen-bond acceptors (Lipinski definition) is 4. The van der Waals surface area contributed by atoms with Gasteiger partial charge in [-0.2, -0.15) is 0 Å². The zero-order valence-corrected chi connectivity index (χ0v) is 15.3. The van der Waals surface area contributed by atoms with Gasteiger partial charge in [-0.3, -0.25) is 4.79 Å². The predicted octanol–water partition coefficient (Wildman–Crippen LogP) is 3.56. The summed E-state index contributed by atoms with van der Waals surface area (Å²) in [7, 11) is 0. The Morgan fingerprint density at radius 1 is 1.23 bits per heavy atom. The van der Waals surface area contributed by atoms with Crippen LogP contribution in [-0.4, -0.2) is 27.5 Å². The number of nitrogens with zero attached hydrogens (tertiary/aromatic N) is 3. The molecule has 0 bridgehead atoms. The molecule has 3 rings (SSSR count). The van der Waals surface area contributed by atoms with E-state index in [-0.39, 0.29) is 5.91 Å². The number of ether oxygens (including phenoxy) is 1. The van der Waals surface area contributed by atoms with Crippen molar-refractivity contribution in [3.05, 3.63) is 70.5 Å². The Kier molecular flexibility index (Phi) is 5.53. The first-order valence-corrected chi connectivity index (χ1v) is 8.64. The van der Waals surface area contributed by atoms with E-state index in [2.05, 4.69) is 15.6 Å². The first-order chi connectivity index (χ1) is 12.6. The summed E-state index contributed by atoms with van der Waals surface area (Å²) in [5.74, 6) is 0.508. The zero-order chi connectivity index (χ0) is 18.5. The molecule has 1 N–H and O–H groups in total. The highest BCUT2D eigenvalue weighted by molar-refractivity contribution is 6.30. The van der Waals surface area contributed by atoms with E-state index < -0.39 is 0 Å². The van der Waals surface area contributed by atoms with Crippen LogP contribution in [0.1, 0.15) is 28.7 Å². The van der Waals surface area contributed by atoms with Crippen molar-refractivity contribution in [3.8, 4) is 11.4 Å². The first-order valence-electron chi connectivity index (χ1n) is 8.26. The number of rotatable bonds is 6. The van der Waals surface area contributed by atoms with Crippen LogP contribution in [-0.2, 0) is 6.54 Å². The van der Waals surface area contributed by atoms with Gasteiger partial charge in [0.1, 0.15) is 5.75 Å². The Labute approximate surface area is 156 Å². The Morgan fingerprint density at radius 3 is 2.73 bits per heavy atom. The molecular formula is C19H19ClN4O2. The molecule has 0 unspecified atom stereocenters. The molecule has 0 spiro atoms. The lowest BCUT2D eigenvalue weighted by Crippen LogP contribution is -2.24. The van der Waals surface area contributed by atoms with E-state index in [4.69, 9.17) is 16.3 Å². The Bertz CT molecular complexity index is 906. The van der Waals surface area contributed by atoms with E-state index in [1.807, 2.05) is 43.3 Å². The maximum absolute atomic E-state index is 12.5. The average molecular weight is 371 g/mol. The SMILES string of the molecule is CCOc1cccc(CNC(=O)c2nnn(-c3ccc(Cl)cc3)c2C)c1. The highest BCUT2D eigenvalue weighted by Crippen LogP contribution is 2.16. The van der Waals surface area contributed by atoms with E-state index in [1.165, 1.54) is 0 Å². The molecule has 0 fully saturated rings. The second kappa shape index (κ2) is 8.01. The number of aromatic nitrogens is 3. The van der Waals surface area contributed by atoms with Crippen molar-refractivity contribution in [1.82, 2.24) is 20.3 Å². The number of hydrogen-bond donors (Lipinski definition) is 1. The molecule has 0 saturated carbocycles. The predicted molar refractivity (Wildman–Crippen MR) is 99.9 cm³/mol. The second-order valence-electron chi connectivity index (χ2n) is 5.67. The summed E-state index contributed by atoms with van der Waals surface area (Å²) in [4.78, 5) is 12.5. The van der Waals surface area contributed by atoms with Crippen LogP contribution in [0.4, 0.5) is 0 Å². The van der Waals surface area contributed by atoms with Gasteiger partial charge < -0.3 is 10.1 Å². The van der Waals surface area contributed by atoms with Crippen LogP contribution in [0.25, 0.3) is 5.69 Å². The summed E-state index contributed by atoms with van der Waals surface area (Å²) in [6.45, 7) is 4.72. The highest BCUT2D eigenvalue weighted by Gasteiger charge is 2.17. The number of carbonyl (C=O) groups excluding carboxylic acids is 1. The molecule has 7 heteroatoms. The minimum Gasteiger partial charge on any atom is -0.494 e. The van der Waals surface area contributed by atoms with Crippen LogP contribution in [0.15, 0.2) is 48.5 Å². The normalized spacial score (nSPS) is 10.6. The lowest BCUT2D eigenvalue weighted by Gasteiger charge is -2.07. The molecule has 1 amide bonds. The summed E-state index contributed by atoms with van der Waals surface area (Å²) >= 11 is 5.91. The number of nitrogens with one attached hydrogen (secondary N) is 1. The summed E-state index contributed by atoms with van der Waals surface area (Å²) in [6.07, 6.45) is 0. The topological polar surface area (TPSA) is 69.0 Å². The van der Waals surface area contributed by atoms with E-state index in [1.54, 1.807) is 23.7 Å². The van der Waals surface area contributed by atoms with Crippen molar-refractivity contribution in [2.75, 3.05) is 6.61 Å². The van der Waals surface area contributed by atoms with Crippen molar-refractivity contribution >= 4 is 17.5 Å². The van der Waals surface area contributed by atoms with Crippen LogP contribution in [0.5, 0.6) is 5.75 Å². The molecular weight excluding hydrogens is 352 g/mol. The van der Waals surface area contributed by atoms with Gasteiger partial charge in [0.25, 0.3) is 5.91 Å². The van der Waals surface area contributed by atoms with Crippen LogP contribution in [0.2, 0.25) is 5.02 Å². The largest absolute Gasteiger partial charge is 0.494 e. The van der Waals surface area contributed by atoms with E-state index >= 15 is 0 Å². The average Bonchev–Trinajstić information content (AvgIpc) is 3.03. The third-order valence-corrected chi connectivity index (χ3v) is 4.10. The fourth-order valence-corrected chi connectivity index (χ4v) is 2.67. The van der Waals surface area contributed by atoms with Crippen LogP contribution in [0, 0.1) is 6.92 Å². The highest BCUT2D eigenvalue weighted by atomic mass is 35.5. The lowest BCUT2D eigenvalue weighted by molar-refractivity contribution is 0.0945.